The zero-order valence-corrected chi connectivity index (χ0v) is 19.5. The van der Waals surface area contributed by atoms with Gasteiger partial charge in [0.25, 0.3) is 10.0 Å². The molecule has 2 rings (SSSR count). The number of sulfonamides is 1. The molecule has 0 spiro atoms. The highest BCUT2D eigenvalue weighted by molar-refractivity contribution is 7.91. The molecule has 1 aromatic carbocycles. The number of anilines is 1. The smallest absolute Gasteiger partial charge is 0.318 e. The predicted octanol–water partition coefficient (Wildman–Crippen LogP) is 4.90. The van der Waals surface area contributed by atoms with Crippen LogP contribution >= 0.6 is 11.3 Å². The standard InChI is InChI=1S/C8H11N.C7H9NO4S2.C3H8.C2H6/c1-7-3-5-8(9-2)6-4-7;1-5-2-3-7(13-5)14(11,12)8-4-6(9)10;1-3-2;1-2/h3-6,9H,1-2H3;2-3,8H,4H2,1H3,(H,9,10);3H2,1-2H3;1-2H3. The van der Waals surface area contributed by atoms with Crippen molar-refractivity contribution in [3.8, 4) is 0 Å². The lowest BCUT2D eigenvalue weighted by molar-refractivity contribution is -0.135. The minimum absolute atomic E-state index is 0.135. The molecule has 8 heteroatoms. The van der Waals surface area contributed by atoms with Gasteiger partial charge < -0.3 is 10.4 Å². The van der Waals surface area contributed by atoms with Crippen molar-refractivity contribution in [1.82, 2.24) is 4.72 Å². The van der Waals surface area contributed by atoms with Crippen LogP contribution < -0.4 is 10.0 Å². The Morgan fingerprint density at radius 2 is 1.54 bits per heavy atom. The second kappa shape index (κ2) is 16.1. The van der Waals surface area contributed by atoms with Crippen molar-refractivity contribution < 1.29 is 18.3 Å². The first kappa shape index (κ1) is 28.3. The van der Waals surface area contributed by atoms with E-state index in [9.17, 15) is 13.2 Å². The summed E-state index contributed by atoms with van der Waals surface area (Å²) in [6.45, 7) is 11.5. The molecule has 160 valence electrons. The van der Waals surface area contributed by atoms with Gasteiger partial charge in [-0.2, -0.15) is 4.72 Å². The van der Waals surface area contributed by atoms with Gasteiger partial charge in [-0.15, -0.1) is 11.3 Å². The van der Waals surface area contributed by atoms with Crippen molar-refractivity contribution in [2.75, 3.05) is 18.9 Å². The molecular weight excluding hydrogens is 396 g/mol. The zero-order valence-electron chi connectivity index (χ0n) is 17.9. The van der Waals surface area contributed by atoms with Gasteiger partial charge in [0, 0.05) is 17.6 Å². The number of aliphatic carboxylic acids is 1. The first-order chi connectivity index (χ1) is 13.2. The Balaban J connectivity index is 0. The number of benzene rings is 1. The van der Waals surface area contributed by atoms with Crippen LogP contribution in [0.25, 0.3) is 0 Å². The Morgan fingerprint density at radius 3 is 1.89 bits per heavy atom. The van der Waals surface area contributed by atoms with Gasteiger partial charge in [-0.3, -0.25) is 4.79 Å². The molecule has 0 atom stereocenters. The van der Waals surface area contributed by atoms with Crippen molar-refractivity contribution in [3.05, 3.63) is 46.8 Å². The fourth-order valence-electron chi connectivity index (χ4n) is 1.50. The molecule has 3 N–H and O–H groups in total. The summed E-state index contributed by atoms with van der Waals surface area (Å²) in [7, 11) is -1.73. The maximum atomic E-state index is 11.4. The predicted molar refractivity (Wildman–Crippen MR) is 120 cm³/mol. The van der Waals surface area contributed by atoms with E-state index >= 15 is 0 Å². The van der Waals surface area contributed by atoms with Gasteiger partial charge in [-0.25, -0.2) is 8.42 Å². The molecule has 0 saturated heterocycles. The normalized spacial score (nSPS) is 9.54. The first-order valence-electron chi connectivity index (χ1n) is 9.18. The average Bonchev–Trinajstić information content (AvgIpc) is 3.11. The van der Waals surface area contributed by atoms with Crippen LogP contribution in [0.1, 0.15) is 44.6 Å². The average molecular weight is 431 g/mol. The fraction of sp³-hybridized carbons (Fsp3) is 0.450. The number of carbonyl (C=O) groups is 1. The van der Waals surface area contributed by atoms with Crippen LogP contribution in [0.5, 0.6) is 0 Å². The minimum atomic E-state index is -3.65. The summed E-state index contributed by atoms with van der Waals surface area (Å²) in [5.41, 5.74) is 2.47. The lowest BCUT2D eigenvalue weighted by Crippen LogP contribution is -2.28. The summed E-state index contributed by atoms with van der Waals surface area (Å²) < 4.78 is 24.9. The topological polar surface area (TPSA) is 95.5 Å². The van der Waals surface area contributed by atoms with E-state index in [1.807, 2.05) is 25.6 Å². The molecule has 0 amide bonds. The highest BCUT2D eigenvalue weighted by atomic mass is 32.2. The number of rotatable bonds is 5. The van der Waals surface area contributed by atoms with E-state index in [-0.39, 0.29) is 4.21 Å². The van der Waals surface area contributed by atoms with Crippen LogP contribution in [0, 0.1) is 13.8 Å². The van der Waals surface area contributed by atoms with Crippen molar-refractivity contribution in [2.45, 2.75) is 52.2 Å². The molecule has 28 heavy (non-hydrogen) atoms. The molecule has 1 aromatic heterocycles. The van der Waals surface area contributed by atoms with E-state index in [1.165, 1.54) is 23.7 Å². The zero-order chi connectivity index (χ0) is 22.2. The Hall–Kier alpha value is -1.90. The molecule has 2 aromatic rings. The van der Waals surface area contributed by atoms with Gasteiger partial charge in [0.1, 0.15) is 10.8 Å². The largest absolute Gasteiger partial charge is 0.480 e. The summed E-state index contributed by atoms with van der Waals surface area (Å²) in [4.78, 5) is 11.0. The fourth-order valence-corrected chi connectivity index (χ4v) is 3.81. The van der Waals surface area contributed by atoms with Gasteiger partial charge >= 0.3 is 5.97 Å². The van der Waals surface area contributed by atoms with E-state index in [4.69, 9.17) is 5.11 Å². The van der Waals surface area contributed by atoms with Crippen molar-refractivity contribution in [2.24, 2.45) is 0 Å². The van der Waals surface area contributed by atoms with Crippen LogP contribution in [0.2, 0.25) is 0 Å². The number of carboxylic acid groups (broad SMARTS) is 1. The number of hydrogen-bond acceptors (Lipinski definition) is 5. The van der Waals surface area contributed by atoms with Crippen molar-refractivity contribution in [1.29, 1.82) is 0 Å². The van der Waals surface area contributed by atoms with Gasteiger partial charge in [0.15, 0.2) is 0 Å². The van der Waals surface area contributed by atoms with E-state index in [2.05, 4.69) is 50.4 Å². The van der Waals surface area contributed by atoms with Crippen LogP contribution in [-0.2, 0) is 14.8 Å². The second-order valence-electron chi connectivity index (χ2n) is 5.41. The third-order valence-electron chi connectivity index (χ3n) is 2.73. The molecular formula is C20H34N2O4S2. The highest BCUT2D eigenvalue weighted by Crippen LogP contribution is 2.19. The summed E-state index contributed by atoms with van der Waals surface area (Å²) >= 11 is 1.10. The van der Waals surface area contributed by atoms with Gasteiger partial charge in [0.05, 0.1) is 0 Å². The van der Waals surface area contributed by atoms with Gasteiger partial charge in [0.2, 0.25) is 0 Å². The number of nitrogens with one attached hydrogen (secondary N) is 2. The lowest BCUT2D eigenvalue weighted by Gasteiger charge is -2.00. The quantitative estimate of drug-likeness (QED) is 0.627. The van der Waals surface area contributed by atoms with Crippen LogP contribution in [0.3, 0.4) is 0 Å². The summed E-state index contributed by atoms with van der Waals surface area (Å²) in [6, 6.07) is 11.4. The Labute approximate surface area is 174 Å². The molecule has 0 aliphatic heterocycles. The second-order valence-corrected chi connectivity index (χ2v) is 8.69. The van der Waals surface area contributed by atoms with Crippen LogP contribution in [-0.4, -0.2) is 33.1 Å². The molecule has 6 nitrogen and oxygen atoms in total. The molecule has 0 radical (unpaired) electrons. The Bertz CT molecular complexity index is 755. The van der Waals surface area contributed by atoms with Gasteiger partial charge in [-0.05, 0) is 38.1 Å². The number of carboxylic acids is 1. The Morgan fingerprint density at radius 1 is 1.04 bits per heavy atom. The minimum Gasteiger partial charge on any atom is -0.480 e. The Kier molecular flexibility index (Phi) is 16.3. The molecule has 0 saturated carbocycles. The van der Waals surface area contributed by atoms with E-state index < -0.39 is 22.5 Å². The SMILES string of the molecule is CC.CCC.CNc1ccc(C)cc1.Cc1ccc(S(=O)(=O)NCC(=O)O)s1. The maximum Gasteiger partial charge on any atom is 0.318 e. The number of thiophene rings is 1. The third kappa shape index (κ3) is 13.3. The summed E-state index contributed by atoms with van der Waals surface area (Å²) in [6.07, 6.45) is 1.25. The molecule has 0 unspecified atom stereocenters. The monoisotopic (exact) mass is 430 g/mol. The number of hydrogen-bond donors (Lipinski definition) is 3. The summed E-state index contributed by atoms with van der Waals surface area (Å²) in [5.74, 6) is -1.21. The van der Waals surface area contributed by atoms with E-state index in [1.54, 1.807) is 13.0 Å². The van der Waals surface area contributed by atoms with Crippen molar-refractivity contribution in [3.63, 3.8) is 0 Å². The lowest BCUT2D eigenvalue weighted by atomic mass is 10.2. The molecule has 1 heterocycles. The molecule has 0 fully saturated rings. The highest BCUT2D eigenvalue weighted by Gasteiger charge is 2.16. The van der Waals surface area contributed by atoms with E-state index in [0.717, 1.165) is 16.2 Å². The number of aryl methyl sites for hydroxylation is 2. The van der Waals surface area contributed by atoms with Crippen molar-refractivity contribution >= 4 is 33.0 Å². The molecule has 0 aliphatic carbocycles. The van der Waals surface area contributed by atoms with Gasteiger partial charge in [-0.1, -0.05) is 51.8 Å². The first-order valence-corrected chi connectivity index (χ1v) is 11.5. The summed E-state index contributed by atoms with van der Waals surface area (Å²) in [5, 5.41) is 11.4. The van der Waals surface area contributed by atoms with Crippen LogP contribution in [0.15, 0.2) is 40.6 Å². The van der Waals surface area contributed by atoms with E-state index in [0.29, 0.717) is 0 Å². The molecule has 0 aliphatic rings. The maximum absolute atomic E-state index is 11.4. The molecule has 0 bridgehead atoms. The van der Waals surface area contributed by atoms with Crippen LogP contribution in [0.4, 0.5) is 5.69 Å². The third-order valence-corrected chi connectivity index (χ3v) is 5.63.